The van der Waals surface area contributed by atoms with E-state index < -0.39 is 4.92 Å². The molecule has 1 rings (SSSR count). The van der Waals surface area contributed by atoms with Crippen LogP contribution >= 0.6 is 11.6 Å². The van der Waals surface area contributed by atoms with E-state index in [-0.39, 0.29) is 23.4 Å². The van der Waals surface area contributed by atoms with E-state index in [2.05, 4.69) is 0 Å². The molecule has 0 fully saturated rings. The fraction of sp³-hybridized carbons (Fsp3) is 0.455. The van der Waals surface area contributed by atoms with E-state index in [9.17, 15) is 10.1 Å². The van der Waals surface area contributed by atoms with Crippen LogP contribution in [0.25, 0.3) is 0 Å². The maximum Gasteiger partial charge on any atom is 0.311 e. The number of nitrogens with zero attached hydrogens (tertiary/aromatic N) is 1. The number of benzene rings is 1. The summed E-state index contributed by atoms with van der Waals surface area (Å²) in [5.74, 6) is 0.461. The minimum atomic E-state index is -0.481. The second-order valence-electron chi connectivity index (χ2n) is 3.58. The summed E-state index contributed by atoms with van der Waals surface area (Å²) < 4.78 is 10.3. The lowest BCUT2D eigenvalue weighted by Crippen LogP contribution is -2.18. The van der Waals surface area contributed by atoms with Crippen LogP contribution in [0, 0.1) is 10.1 Å². The average Bonchev–Trinajstić information content (AvgIpc) is 2.29. The molecular formula is C11H14ClNO4. The second-order valence-corrected chi connectivity index (χ2v) is 3.84. The largest absolute Gasteiger partial charge is 0.481 e. The van der Waals surface area contributed by atoms with E-state index >= 15 is 0 Å². The SMILES string of the molecule is COCC(C)Oc1ccc(CCl)cc1[N+](=O)[O-]. The maximum absolute atomic E-state index is 10.9. The van der Waals surface area contributed by atoms with E-state index in [1.165, 1.54) is 6.07 Å². The van der Waals surface area contributed by atoms with Crippen molar-refractivity contribution in [3.8, 4) is 5.75 Å². The van der Waals surface area contributed by atoms with Crippen molar-refractivity contribution >= 4 is 17.3 Å². The molecule has 0 N–H and O–H groups in total. The maximum atomic E-state index is 10.9. The van der Waals surface area contributed by atoms with Crippen molar-refractivity contribution in [1.82, 2.24) is 0 Å². The van der Waals surface area contributed by atoms with E-state index in [1.54, 1.807) is 26.2 Å². The van der Waals surface area contributed by atoms with Gasteiger partial charge in [-0.05, 0) is 18.6 Å². The lowest BCUT2D eigenvalue weighted by atomic mass is 10.2. The van der Waals surface area contributed by atoms with Gasteiger partial charge in [-0.2, -0.15) is 0 Å². The Morgan fingerprint density at radius 1 is 1.53 bits per heavy atom. The van der Waals surface area contributed by atoms with Crippen molar-refractivity contribution in [2.75, 3.05) is 13.7 Å². The van der Waals surface area contributed by atoms with Crippen molar-refractivity contribution in [3.63, 3.8) is 0 Å². The molecule has 0 bridgehead atoms. The molecule has 0 aliphatic carbocycles. The summed E-state index contributed by atoms with van der Waals surface area (Å²) in [5.41, 5.74) is 0.608. The Kier molecular flexibility index (Phi) is 5.18. The summed E-state index contributed by atoms with van der Waals surface area (Å²) in [6.45, 7) is 2.15. The van der Waals surface area contributed by atoms with E-state index in [4.69, 9.17) is 21.1 Å². The van der Waals surface area contributed by atoms with Gasteiger partial charge in [-0.3, -0.25) is 10.1 Å². The molecule has 1 atom stereocenters. The summed E-state index contributed by atoms with van der Waals surface area (Å²) in [5, 5.41) is 10.9. The third kappa shape index (κ3) is 3.87. The molecule has 0 heterocycles. The average molecular weight is 260 g/mol. The van der Waals surface area contributed by atoms with Gasteiger partial charge in [-0.15, -0.1) is 11.6 Å². The van der Waals surface area contributed by atoms with Gasteiger partial charge in [0.05, 0.1) is 11.5 Å². The number of rotatable bonds is 6. The molecule has 0 aromatic heterocycles. The highest BCUT2D eigenvalue weighted by Gasteiger charge is 2.17. The smallest absolute Gasteiger partial charge is 0.311 e. The van der Waals surface area contributed by atoms with Crippen LogP contribution in [0.2, 0.25) is 0 Å². The Morgan fingerprint density at radius 3 is 2.76 bits per heavy atom. The standard InChI is InChI=1S/C11H14ClNO4/c1-8(7-16-2)17-11-4-3-9(6-12)5-10(11)13(14)15/h3-5,8H,6-7H2,1-2H3. The highest BCUT2D eigenvalue weighted by molar-refractivity contribution is 6.17. The monoisotopic (exact) mass is 259 g/mol. The van der Waals surface area contributed by atoms with Crippen LogP contribution in [0.4, 0.5) is 5.69 Å². The Bertz CT molecular complexity index is 397. The van der Waals surface area contributed by atoms with Crippen LogP contribution < -0.4 is 4.74 Å². The van der Waals surface area contributed by atoms with Gasteiger partial charge < -0.3 is 9.47 Å². The highest BCUT2D eigenvalue weighted by atomic mass is 35.5. The lowest BCUT2D eigenvalue weighted by molar-refractivity contribution is -0.386. The lowest BCUT2D eigenvalue weighted by Gasteiger charge is -2.13. The number of hydrogen-bond donors (Lipinski definition) is 0. The zero-order valence-corrected chi connectivity index (χ0v) is 10.4. The normalized spacial score (nSPS) is 12.2. The zero-order chi connectivity index (χ0) is 12.8. The van der Waals surface area contributed by atoms with Crippen molar-refractivity contribution < 1.29 is 14.4 Å². The number of methoxy groups -OCH3 is 1. The minimum Gasteiger partial charge on any atom is -0.481 e. The molecule has 0 saturated heterocycles. The van der Waals surface area contributed by atoms with Crippen LogP contribution in [0.15, 0.2) is 18.2 Å². The first-order chi connectivity index (χ1) is 8.08. The minimum absolute atomic E-state index is 0.0777. The quantitative estimate of drug-likeness (QED) is 0.448. The molecule has 1 aromatic rings. The molecule has 1 unspecified atom stereocenters. The van der Waals surface area contributed by atoms with Gasteiger partial charge >= 0.3 is 5.69 Å². The first kappa shape index (κ1) is 13.7. The Balaban J connectivity index is 2.94. The van der Waals surface area contributed by atoms with Gasteiger partial charge in [0, 0.05) is 19.1 Å². The molecular weight excluding hydrogens is 246 g/mol. The summed E-state index contributed by atoms with van der Waals surface area (Å²) in [7, 11) is 1.55. The van der Waals surface area contributed by atoms with Crippen LogP contribution in [-0.4, -0.2) is 24.7 Å². The first-order valence-corrected chi connectivity index (χ1v) is 5.60. The fourth-order valence-corrected chi connectivity index (χ4v) is 1.54. The molecule has 0 saturated carbocycles. The van der Waals surface area contributed by atoms with Crippen LogP contribution in [0.1, 0.15) is 12.5 Å². The molecule has 0 amide bonds. The second kappa shape index (κ2) is 6.42. The third-order valence-electron chi connectivity index (χ3n) is 2.10. The van der Waals surface area contributed by atoms with E-state index in [0.717, 1.165) is 0 Å². The number of nitro benzene ring substituents is 1. The molecule has 0 spiro atoms. The number of hydrogen-bond acceptors (Lipinski definition) is 4. The van der Waals surface area contributed by atoms with E-state index in [1.807, 2.05) is 0 Å². The predicted molar refractivity (Wildman–Crippen MR) is 64.6 cm³/mol. The Hall–Kier alpha value is -1.33. The van der Waals surface area contributed by atoms with Crippen molar-refractivity contribution in [2.45, 2.75) is 18.9 Å². The third-order valence-corrected chi connectivity index (χ3v) is 2.41. The molecule has 0 aliphatic rings. The van der Waals surface area contributed by atoms with Gasteiger partial charge in [-0.25, -0.2) is 0 Å². The molecule has 0 aliphatic heterocycles. The summed E-state index contributed by atoms with van der Waals surface area (Å²) in [4.78, 5) is 10.4. The van der Waals surface area contributed by atoms with Gasteiger partial charge in [0.2, 0.25) is 0 Å². The van der Waals surface area contributed by atoms with Crippen LogP contribution in [-0.2, 0) is 10.6 Å². The summed E-state index contributed by atoms with van der Waals surface area (Å²) in [6.07, 6.45) is -0.249. The number of nitro groups is 1. The topological polar surface area (TPSA) is 61.6 Å². The Morgan fingerprint density at radius 2 is 2.24 bits per heavy atom. The number of alkyl halides is 1. The fourth-order valence-electron chi connectivity index (χ4n) is 1.37. The van der Waals surface area contributed by atoms with E-state index in [0.29, 0.717) is 12.2 Å². The van der Waals surface area contributed by atoms with Gasteiger partial charge in [-0.1, -0.05) is 6.07 Å². The molecule has 17 heavy (non-hydrogen) atoms. The molecule has 5 nitrogen and oxygen atoms in total. The highest BCUT2D eigenvalue weighted by Crippen LogP contribution is 2.29. The van der Waals surface area contributed by atoms with Gasteiger partial charge in [0.25, 0.3) is 0 Å². The van der Waals surface area contributed by atoms with Crippen LogP contribution in [0.3, 0.4) is 0 Å². The van der Waals surface area contributed by atoms with Crippen molar-refractivity contribution in [1.29, 1.82) is 0 Å². The van der Waals surface area contributed by atoms with Crippen molar-refractivity contribution in [3.05, 3.63) is 33.9 Å². The van der Waals surface area contributed by atoms with Crippen LogP contribution in [0.5, 0.6) is 5.75 Å². The molecule has 6 heteroatoms. The number of halogens is 1. The number of ether oxygens (including phenoxy) is 2. The molecule has 94 valence electrons. The predicted octanol–water partition coefficient (Wildman–Crippen LogP) is 2.75. The zero-order valence-electron chi connectivity index (χ0n) is 9.68. The first-order valence-electron chi connectivity index (χ1n) is 5.07. The Labute approximate surface area is 104 Å². The summed E-state index contributed by atoms with van der Waals surface area (Å²) >= 11 is 5.63. The molecule has 1 aromatic carbocycles. The van der Waals surface area contributed by atoms with Crippen molar-refractivity contribution in [2.24, 2.45) is 0 Å². The molecule has 0 radical (unpaired) electrons. The van der Waals surface area contributed by atoms with Gasteiger partial charge in [0.15, 0.2) is 5.75 Å². The van der Waals surface area contributed by atoms with Gasteiger partial charge in [0.1, 0.15) is 6.10 Å². The summed E-state index contributed by atoms with van der Waals surface area (Å²) in [6, 6.07) is 4.68.